The highest BCUT2D eigenvalue weighted by molar-refractivity contribution is 5.84. The summed E-state index contributed by atoms with van der Waals surface area (Å²) in [4.78, 5) is 7.25. The van der Waals surface area contributed by atoms with Crippen molar-refractivity contribution in [1.82, 2.24) is 0 Å². The zero-order valence-electron chi connectivity index (χ0n) is 20.5. The summed E-state index contributed by atoms with van der Waals surface area (Å²) in [5.74, 6) is 2.88. The molecule has 0 bridgehead atoms. The molecule has 33 heavy (non-hydrogen) atoms. The quantitative estimate of drug-likeness (QED) is 0.366. The molecule has 0 amide bonds. The van der Waals surface area contributed by atoms with Crippen molar-refractivity contribution in [3.05, 3.63) is 77.9 Å². The Hall–Kier alpha value is -3.27. The maximum atomic E-state index is 5.90. The summed E-state index contributed by atoms with van der Waals surface area (Å²) in [6.45, 7) is 11.6. The molecule has 0 N–H and O–H groups in total. The molecule has 1 aliphatic heterocycles. The van der Waals surface area contributed by atoms with Gasteiger partial charge in [-0.3, -0.25) is 4.99 Å². The fourth-order valence-electron chi connectivity index (χ4n) is 5.06. The number of fused-ring (bicyclic) bond motifs is 1. The molecule has 0 saturated heterocycles. The van der Waals surface area contributed by atoms with Gasteiger partial charge in [-0.1, -0.05) is 13.0 Å². The van der Waals surface area contributed by atoms with Gasteiger partial charge >= 0.3 is 0 Å². The van der Waals surface area contributed by atoms with Gasteiger partial charge in [0.25, 0.3) is 0 Å². The second-order valence-electron chi connectivity index (χ2n) is 9.73. The first-order valence-electron chi connectivity index (χ1n) is 11.7. The van der Waals surface area contributed by atoms with Crippen LogP contribution in [0.25, 0.3) is 0 Å². The third-order valence-electron chi connectivity index (χ3n) is 6.31. The second kappa shape index (κ2) is 9.30. The molecule has 172 valence electrons. The Morgan fingerprint density at radius 3 is 2.15 bits per heavy atom. The number of anilines is 1. The molecule has 0 aromatic heterocycles. The van der Waals surface area contributed by atoms with Crippen LogP contribution in [0.1, 0.15) is 58.1 Å². The van der Waals surface area contributed by atoms with E-state index in [4.69, 9.17) is 14.5 Å². The molecule has 0 spiro atoms. The molecule has 1 heterocycles. The van der Waals surface area contributed by atoms with Crippen molar-refractivity contribution in [3.63, 3.8) is 0 Å². The van der Waals surface area contributed by atoms with Gasteiger partial charge in [-0.2, -0.15) is 0 Å². The lowest BCUT2D eigenvalue weighted by atomic mass is 9.79. The number of ether oxygens (including phenoxy) is 2. The van der Waals surface area contributed by atoms with Gasteiger partial charge in [-0.05, 0) is 112 Å². The molecule has 0 fully saturated rings. The molecule has 1 atom stereocenters. The van der Waals surface area contributed by atoms with Gasteiger partial charge in [-0.25, -0.2) is 0 Å². The van der Waals surface area contributed by atoms with Crippen LogP contribution in [-0.4, -0.2) is 24.9 Å². The number of hydrogen-bond donors (Lipinski definition) is 0. The van der Waals surface area contributed by atoms with Crippen molar-refractivity contribution in [2.45, 2.75) is 58.5 Å². The van der Waals surface area contributed by atoms with Gasteiger partial charge in [0.2, 0.25) is 0 Å². The van der Waals surface area contributed by atoms with Crippen LogP contribution >= 0.6 is 0 Å². The highest BCUT2D eigenvalue weighted by atomic mass is 16.5. The van der Waals surface area contributed by atoms with E-state index in [2.05, 4.69) is 57.7 Å². The van der Waals surface area contributed by atoms with Crippen LogP contribution in [0.15, 0.2) is 71.7 Å². The molecule has 4 rings (SSSR count). The Bertz CT molecular complexity index is 1120. The molecule has 3 aromatic carbocycles. The van der Waals surface area contributed by atoms with Gasteiger partial charge < -0.3 is 14.4 Å². The summed E-state index contributed by atoms with van der Waals surface area (Å²) in [7, 11) is 1.65. The number of nitrogens with zero attached hydrogens (tertiary/aromatic N) is 2. The highest BCUT2D eigenvalue weighted by Gasteiger charge is 2.37. The molecule has 0 aliphatic carbocycles. The number of rotatable bonds is 6. The zero-order chi connectivity index (χ0) is 23.6. The average molecular weight is 443 g/mol. The molecule has 1 aliphatic rings. The van der Waals surface area contributed by atoms with Crippen LogP contribution in [0.3, 0.4) is 0 Å². The SMILES string of the molecule is COc1ccc(Oc2ccc(N=Cc3ccc4c(c3)C(C)CC(C)(C)N4C(C)C)cc2)cc1. The summed E-state index contributed by atoms with van der Waals surface area (Å²) in [5.41, 5.74) is 4.95. The zero-order valence-corrected chi connectivity index (χ0v) is 20.5. The Labute approximate surface area is 197 Å². The Kier molecular flexibility index (Phi) is 6.46. The van der Waals surface area contributed by atoms with Crippen LogP contribution in [0.2, 0.25) is 0 Å². The van der Waals surface area contributed by atoms with Crippen molar-refractivity contribution >= 4 is 17.6 Å². The van der Waals surface area contributed by atoms with Crippen molar-refractivity contribution < 1.29 is 9.47 Å². The first kappa shape index (κ1) is 22.9. The Morgan fingerprint density at radius 1 is 0.939 bits per heavy atom. The van der Waals surface area contributed by atoms with Crippen molar-refractivity contribution in [3.8, 4) is 17.2 Å². The monoisotopic (exact) mass is 442 g/mol. The molecule has 0 saturated carbocycles. The average Bonchev–Trinajstić information content (AvgIpc) is 2.78. The molecular formula is C29H34N2O2. The van der Waals surface area contributed by atoms with E-state index < -0.39 is 0 Å². The number of hydrogen-bond acceptors (Lipinski definition) is 4. The predicted molar refractivity (Wildman–Crippen MR) is 138 cm³/mol. The summed E-state index contributed by atoms with van der Waals surface area (Å²) >= 11 is 0. The fraction of sp³-hybridized carbons (Fsp3) is 0.345. The minimum absolute atomic E-state index is 0.159. The molecule has 1 unspecified atom stereocenters. The van der Waals surface area contributed by atoms with E-state index in [-0.39, 0.29) is 5.54 Å². The summed E-state index contributed by atoms with van der Waals surface area (Å²) in [6.07, 6.45) is 3.10. The van der Waals surface area contributed by atoms with Gasteiger partial charge in [-0.15, -0.1) is 0 Å². The van der Waals surface area contributed by atoms with Crippen LogP contribution < -0.4 is 14.4 Å². The lowest BCUT2D eigenvalue weighted by Gasteiger charge is -2.50. The van der Waals surface area contributed by atoms with Gasteiger partial charge in [0.15, 0.2) is 0 Å². The van der Waals surface area contributed by atoms with Gasteiger partial charge in [0.05, 0.1) is 12.8 Å². The van der Waals surface area contributed by atoms with Crippen molar-refractivity contribution in [1.29, 1.82) is 0 Å². The molecular weight excluding hydrogens is 408 g/mol. The van der Waals surface area contributed by atoms with E-state index in [1.807, 2.05) is 54.7 Å². The van der Waals surface area contributed by atoms with E-state index in [0.717, 1.165) is 34.9 Å². The van der Waals surface area contributed by atoms with Crippen molar-refractivity contribution in [2.24, 2.45) is 4.99 Å². The normalized spacial score (nSPS) is 17.3. The van der Waals surface area contributed by atoms with Crippen LogP contribution in [0, 0.1) is 0 Å². The number of methoxy groups -OCH3 is 1. The topological polar surface area (TPSA) is 34.1 Å². The summed E-state index contributed by atoms with van der Waals surface area (Å²) in [5, 5.41) is 0. The van der Waals surface area contributed by atoms with Crippen LogP contribution in [0.5, 0.6) is 17.2 Å². The van der Waals surface area contributed by atoms with Gasteiger partial charge in [0, 0.05) is 23.5 Å². The number of aliphatic imine (C=N–C) groups is 1. The first-order chi connectivity index (χ1) is 15.8. The van der Waals surface area contributed by atoms with E-state index in [0.29, 0.717) is 12.0 Å². The van der Waals surface area contributed by atoms with E-state index in [9.17, 15) is 0 Å². The molecule has 4 heteroatoms. The maximum absolute atomic E-state index is 5.90. The molecule has 4 nitrogen and oxygen atoms in total. The largest absolute Gasteiger partial charge is 0.497 e. The summed E-state index contributed by atoms with van der Waals surface area (Å²) in [6, 6.07) is 22.6. The fourth-order valence-corrected chi connectivity index (χ4v) is 5.06. The third-order valence-corrected chi connectivity index (χ3v) is 6.31. The smallest absolute Gasteiger partial charge is 0.127 e. The van der Waals surface area contributed by atoms with E-state index in [1.165, 1.54) is 11.3 Å². The molecule has 0 radical (unpaired) electrons. The number of benzene rings is 3. The van der Waals surface area contributed by atoms with Gasteiger partial charge in [0.1, 0.15) is 17.2 Å². The Morgan fingerprint density at radius 2 is 1.55 bits per heavy atom. The standard InChI is InChI=1S/C29H34N2O2/c1-20(2)31-28-16-7-22(17-27(28)21(3)18-29(31,4)5)19-30-23-8-10-25(11-9-23)33-26-14-12-24(32-6)13-15-26/h7-17,19-21H,18H2,1-6H3. The first-order valence-corrected chi connectivity index (χ1v) is 11.7. The van der Waals surface area contributed by atoms with Crippen molar-refractivity contribution in [2.75, 3.05) is 12.0 Å². The Balaban J connectivity index is 1.48. The highest BCUT2D eigenvalue weighted by Crippen LogP contribution is 2.44. The summed E-state index contributed by atoms with van der Waals surface area (Å²) < 4.78 is 11.1. The minimum Gasteiger partial charge on any atom is -0.497 e. The van der Waals surface area contributed by atoms with E-state index in [1.54, 1.807) is 7.11 Å². The second-order valence-corrected chi connectivity index (χ2v) is 9.73. The lowest BCUT2D eigenvalue weighted by Crippen LogP contribution is -2.51. The van der Waals surface area contributed by atoms with E-state index >= 15 is 0 Å². The minimum atomic E-state index is 0.159. The van der Waals surface area contributed by atoms with Crippen LogP contribution in [-0.2, 0) is 0 Å². The van der Waals surface area contributed by atoms with Crippen LogP contribution in [0.4, 0.5) is 11.4 Å². The third kappa shape index (κ3) is 5.05. The predicted octanol–water partition coefficient (Wildman–Crippen LogP) is 7.74. The maximum Gasteiger partial charge on any atom is 0.127 e. The molecule has 3 aromatic rings. The lowest BCUT2D eigenvalue weighted by molar-refractivity contribution is 0.356.